The maximum absolute atomic E-state index is 17.8. The molecule has 0 N–H and O–H groups in total. The first-order valence-corrected chi connectivity index (χ1v) is 22.0. The quantitative estimate of drug-likeness (QED) is 0.138. The Hall–Kier alpha value is -4.43. The summed E-state index contributed by atoms with van der Waals surface area (Å²) in [5.41, 5.74) is 2.84. The molecule has 14 heteroatoms. The lowest BCUT2D eigenvalue weighted by Gasteiger charge is -2.42. The molecular formula is C48H57F6N5O3. The molecule has 1 saturated carbocycles. The van der Waals surface area contributed by atoms with E-state index < -0.39 is 35.9 Å². The molecule has 1 unspecified atom stereocenters. The van der Waals surface area contributed by atoms with Crippen LogP contribution in [0.1, 0.15) is 141 Å². The van der Waals surface area contributed by atoms with Crippen molar-refractivity contribution in [1.82, 2.24) is 19.9 Å². The highest BCUT2D eigenvalue weighted by atomic mass is 19.4. The molecule has 0 radical (unpaired) electrons. The Morgan fingerprint density at radius 3 is 2.06 bits per heavy atom. The number of rotatable bonds is 11. The van der Waals surface area contributed by atoms with Crippen LogP contribution in [0.3, 0.4) is 0 Å². The van der Waals surface area contributed by atoms with Crippen LogP contribution in [0.4, 0.5) is 32.3 Å². The van der Waals surface area contributed by atoms with E-state index in [9.17, 15) is 22.0 Å². The molecule has 0 bridgehead atoms. The van der Waals surface area contributed by atoms with E-state index in [-0.39, 0.29) is 55.3 Å². The molecule has 0 spiro atoms. The first kappa shape index (κ1) is 44.2. The number of nitrogens with zero attached hydrogens (tertiary/aromatic N) is 5. The van der Waals surface area contributed by atoms with Gasteiger partial charge in [0.2, 0.25) is 11.9 Å². The summed E-state index contributed by atoms with van der Waals surface area (Å²) in [5, 5.41) is 0. The lowest BCUT2D eigenvalue weighted by molar-refractivity contribution is -0.137. The van der Waals surface area contributed by atoms with Crippen molar-refractivity contribution in [1.29, 1.82) is 0 Å². The van der Waals surface area contributed by atoms with Crippen LogP contribution in [0.25, 0.3) is 0 Å². The summed E-state index contributed by atoms with van der Waals surface area (Å²) in [7, 11) is 3.70. The molecule has 8 rings (SSSR count). The number of ether oxygens (including phenoxy) is 3. The molecule has 2 atom stereocenters. The monoisotopic (exact) mass is 865 g/mol. The predicted octanol–water partition coefficient (Wildman–Crippen LogP) is 11.3. The second kappa shape index (κ2) is 18.0. The molecule has 8 nitrogen and oxygen atoms in total. The van der Waals surface area contributed by atoms with Gasteiger partial charge in [0, 0.05) is 61.8 Å². The fourth-order valence-electron chi connectivity index (χ4n) is 9.92. The van der Waals surface area contributed by atoms with Gasteiger partial charge in [0.15, 0.2) is 11.9 Å². The smallest absolute Gasteiger partial charge is 0.416 e. The average Bonchev–Trinajstić information content (AvgIpc) is 3.25. The van der Waals surface area contributed by atoms with Crippen molar-refractivity contribution in [2.75, 3.05) is 45.2 Å². The predicted molar refractivity (Wildman–Crippen MR) is 225 cm³/mol. The summed E-state index contributed by atoms with van der Waals surface area (Å²) in [6.07, 6.45) is 0.336. The van der Waals surface area contributed by atoms with Crippen LogP contribution in [0.5, 0.6) is 11.5 Å². The van der Waals surface area contributed by atoms with Crippen LogP contribution in [0.15, 0.2) is 60.9 Å². The molecule has 3 fully saturated rings. The van der Waals surface area contributed by atoms with Gasteiger partial charge in [-0.3, -0.25) is 4.98 Å². The van der Waals surface area contributed by atoms with E-state index in [1.165, 1.54) is 12.1 Å². The van der Waals surface area contributed by atoms with Crippen molar-refractivity contribution >= 4 is 5.95 Å². The normalized spacial score (nSPS) is 22.0. The number of hydrogen-bond donors (Lipinski definition) is 0. The van der Waals surface area contributed by atoms with Gasteiger partial charge in [-0.2, -0.15) is 13.2 Å². The summed E-state index contributed by atoms with van der Waals surface area (Å²) in [6.45, 7) is 7.60. The summed E-state index contributed by atoms with van der Waals surface area (Å²) >= 11 is 0. The summed E-state index contributed by atoms with van der Waals surface area (Å²) in [6, 6.07) is 11.7. The van der Waals surface area contributed by atoms with Crippen LogP contribution < -0.4 is 14.4 Å². The van der Waals surface area contributed by atoms with Crippen LogP contribution in [0.2, 0.25) is 0 Å². The van der Waals surface area contributed by atoms with Gasteiger partial charge >= 0.3 is 6.18 Å². The number of anilines is 1. The fourth-order valence-corrected chi connectivity index (χ4v) is 9.92. The van der Waals surface area contributed by atoms with Gasteiger partial charge in [0.25, 0.3) is 0 Å². The summed E-state index contributed by atoms with van der Waals surface area (Å²) < 4.78 is 107. The van der Waals surface area contributed by atoms with Crippen LogP contribution in [-0.2, 0) is 23.9 Å². The number of methoxy groups -OCH3 is 1. The standard InChI is InChI=1S/C48H57F6N5O3/c1-46(2)25-38-41(39(26-46)61-29-30-5-11-35(60-4)12-6-30)40(31-13-19-47(50,51)20-14-31)42(43(49)32-7-9-34(10-8-32)48(52,53)54)44(57-38)33-15-23-59(24-16-33)45-55-27-37(28-56-45)62-36-17-21-58(3)22-18-36/h5-12,27-28,31,33,36,39,43H,13-26,29H2,1-4H3/t39-,43?/m0/s1. The largest absolute Gasteiger partial charge is 0.497 e. The summed E-state index contributed by atoms with van der Waals surface area (Å²) in [4.78, 5) is 19.1. The Morgan fingerprint density at radius 1 is 0.806 bits per heavy atom. The third-order valence-electron chi connectivity index (χ3n) is 13.4. The van der Waals surface area contributed by atoms with E-state index >= 15 is 4.39 Å². The number of benzene rings is 2. The molecule has 2 aliphatic heterocycles. The fraction of sp³-hybridized carbons (Fsp3) is 0.562. The van der Waals surface area contributed by atoms with E-state index in [2.05, 4.69) is 40.7 Å². The summed E-state index contributed by atoms with van der Waals surface area (Å²) in [5.74, 6) is -1.59. The van der Waals surface area contributed by atoms with E-state index in [1.54, 1.807) is 19.5 Å². The zero-order valence-electron chi connectivity index (χ0n) is 36.0. The minimum Gasteiger partial charge on any atom is -0.497 e. The van der Waals surface area contributed by atoms with Crippen LogP contribution >= 0.6 is 0 Å². The minimum atomic E-state index is -4.60. The highest BCUT2D eigenvalue weighted by molar-refractivity contribution is 5.51. The molecule has 2 aromatic carbocycles. The maximum atomic E-state index is 17.8. The number of fused-ring (bicyclic) bond motifs is 1. The van der Waals surface area contributed by atoms with E-state index in [0.29, 0.717) is 73.0 Å². The number of aromatic nitrogens is 3. The second-order valence-corrected chi connectivity index (χ2v) is 18.6. The Kier molecular flexibility index (Phi) is 12.8. The topological polar surface area (TPSA) is 72.8 Å². The van der Waals surface area contributed by atoms with E-state index in [0.717, 1.165) is 54.9 Å². The van der Waals surface area contributed by atoms with Gasteiger partial charge < -0.3 is 24.0 Å². The van der Waals surface area contributed by atoms with E-state index in [1.807, 2.05) is 24.3 Å². The average molecular weight is 866 g/mol. The van der Waals surface area contributed by atoms with Gasteiger partial charge in [0.05, 0.1) is 43.5 Å². The van der Waals surface area contributed by atoms with Crippen molar-refractivity contribution in [2.24, 2.45) is 5.41 Å². The molecule has 4 aromatic rings. The van der Waals surface area contributed by atoms with E-state index in [4.69, 9.17) is 19.2 Å². The Labute approximate surface area is 360 Å². The number of piperidine rings is 2. The van der Waals surface area contributed by atoms with Gasteiger partial charge in [0.1, 0.15) is 11.9 Å². The van der Waals surface area contributed by atoms with Crippen molar-refractivity contribution in [2.45, 2.75) is 127 Å². The number of hydrogen-bond acceptors (Lipinski definition) is 8. The van der Waals surface area contributed by atoms with Crippen molar-refractivity contribution in [3.63, 3.8) is 0 Å². The van der Waals surface area contributed by atoms with Gasteiger partial charge in [-0.15, -0.1) is 0 Å². The van der Waals surface area contributed by atoms with Gasteiger partial charge in [-0.05, 0) is 111 Å². The molecule has 2 aliphatic carbocycles. The molecule has 2 aromatic heterocycles. The molecule has 2 saturated heterocycles. The van der Waals surface area contributed by atoms with Gasteiger partial charge in [-0.1, -0.05) is 38.1 Å². The lowest BCUT2D eigenvalue weighted by Crippen LogP contribution is -2.36. The van der Waals surface area contributed by atoms with Crippen LogP contribution in [-0.4, -0.2) is 72.2 Å². The number of alkyl halides is 6. The first-order valence-electron chi connectivity index (χ1n) is 22.0. The van der Waals surface area contributed by atoms with Crippen molar-refractivity contribution in [3.8, 4) is 11.5 Å². The third kappa shape index (κ3) is 10.0. The Balaban J connectivity index is 1.16. The first-order chi connectivity index (χ1) is 29.6. The molecule has 4 aliphatic rings. The molecule has 62 heavy (non-hydrogen) atoms. The Morgan fingerprint density at radius 2 is 1.45 bits per heavy atom. The molecule has 0 amide bonds. The molecule has 334 valence electrons. The number of pyridine rings is 1. The Bertz CT molecular complexity index is 2120. The van der Waals surface area contributed by atoms with Crippen molar-refractivity contribution in [3.05, 3.63) is 106 Å². The van der Waals surface area contributed by atoms with Gasteiger partial charge in [-0.25, -0.2) is 23.1 Å². The van der Waals surface area contributed by atoms with Crippen molar-refractivity contribution < 1.29 is 40.6 Å². The zero-order valence-corrected chi connectivity index (χ0v) is 36.0. The van der Waals surface area contributed by atoms with Crippen LogP contribution in [0, 0.1) is 5.41 Å². The SMILES string of the molecule is COc1ccc(CO[C@H]2CC(C)(C)Cc3nc(C4CCN(c5ncc(OC6CCN(C)CC6)cn5)CC4)c(C(F)c4ccc(C(F)(F)F)cc4)c(C4CCC(F)(F)CC4)c32)cc1. The highest BCUT2D eigenvalue weighted by Gasteiger charge is 2.44. The zero-order chi connectivity index (χ0) is 43.8. The highest BCUT2D eigenvalue weighted by Crippen LogP contribution is 2.53. The molecule has 4 heterocycles. The number of likely N-dealkylation sites (tertiary alicyclic amines) is 1. The third-order valence-corrected chi connectivity index (χ3v) is 13.4. The maximum Gasteiger partial charge on any atom is 0.416 e. The minimum absolute atomic E-state index is 0.0589. The second-order valence-electron chi connectivity index (χ2n) is 18.6. The lowest BCUT2D eigenvalue weighted by atomic mass is 9.68. The number of halogens is 6. The molecular weight excluding hydrogens is 809 g/mol.